The zero-order chi connectivity index (χ0) is 12.7. The van der Waals surface area contributed by atoms with Gasteiger partial charge in [0.15, 0.2) is 0 Å². The molecule has 0 bridgehead atoms. The summed E-state index contributed by atoms with van der Waals surface area (Å²) in [6, 6.07) is 9.33. The molecule has 1 aromatic rings. The minimum atomic E-state index is -4.62. The zero-order valence-corrected chi connectivity index (χ0v) is 9.84. The van der Waals surface area contributed by atoms with Crippen molar-refractivity contribution in [1.29, 1.82) is 0 Å². The Morgan fingerprint density at radius 1 is 1.24 bits per heavy atom. The van der Waals surface area contributed by atoms with E-state index in [1.54, 1.807) is 0 Å². The molecular weight excluding hydrogens is 244 g/mol. The van der Waals surface area contributed by atoms with Crippen molar-refractivity contribution in [2.24, 2.45) is 0 Å². The molecule has 1 aromatic carbocycles. The van der Waals surface area contributed by atoms with Gasteiger partial charge in [-0.05, 0) is 24.3 Å². The van der Waals surface area contributed by atoms with Crippen molar-refractivity contribution in [3.63, 3.8) is 0 Å². The summed E-state index contributed by atoms with van der Waals surface area (Å²) in [6.45, 7) is 0. The Bertz CT molecular complexity index is 490. The van der Waals surface area contributed by atoms with E-state index in [1.807, 2.05) is 30.3 Å². The molecule has 94 valence electrons. The molecule has 17 heavy (non-hydrogen) atoms. The minimum Gasteiger partial charge on any atom is -0.386 e. The van der Waals surface area contributed by atoms with Gasteiger partial charge in [0.1, 0.15) is 5.60 Å². The van der Waals surface area contributed by atoms with Gasteiger partial charge in [-0.25, -0.2) is 0 Å². The molecule has 1 unspecified atom stereocenters. The number of aliphatic hydroxyl groups excluding tert-OH is 1. The van der Waals surface area contributed by atoms with E-state index in [1.165, 1.54) is 0 Å². The first kappa shape index (κ1) is 12.5. The first-order valence-corrected chi connectivity index (χ1v) is 6.75. The average Bonchev–Trinajstić information content (AvgIpc) is 2.24. The van der Waals surface area contributed by atoms with E-state index in [0.29, 0.717) is 0 Å². The summed E-state index contributed by atoms with van der Waals surface area (Å²) in [4.78, 5) is 0. The highest BCUT2D eigenvalue weighted by atomic mass is 32.2. The second-order valence-corrected chi connectivity index (χ2v) is 5.96. The van der Waals surface area contributed by atoms with Gasteiger partial charge < -0.3 is 10.2 Å². The SMILES string of the molecule is O=S(=O)(O)C(O)[C@]1(O)C[C@@H](c2ccccc2)C1. The van der Waals surface area contributed by atoms with Crippen LogP contribution < -0.4 is 0 Å². The van der Waals surface area contributed by atoms with E-state index < -0.39 is 21.2 Å². The highest BCUT2D eigenvalue weighted by Gasteiger charge is 2.53. The lowest BCUT2D eigenvalue weighted by Gasteiger charge is -2.45. The fraction of sp³-hybridized carbons (Fsp3) is 0.455. The van der Waals surface area contributed by atoms with Gasteiger partial charge in [0, 0.05) is 0 Å². The number of hydrogen-bond donors (Lipinski definition) is 3. The topological polar surface area (TPSA) is 94.8 Å². The smallest absolute Gasteiger partial charge is 0.294 e. The first-order valence-electron chi connectivity index (χ1n) is 5.25. The quantitative estimate of drug-likeness (QED) is 0.686. The van der Waals surface area contributed by atoms with Crippen molar-refractivity contribution in [3.8, 4) is 0 Å². The van der Waals surface area contributed by atoms with Crippen molar-refractivity contribution >= 4 is 10.1 Å². The molecular formula is C11H14O5S. The highest BCUT2D eigenvalue weighted by molar-refractivity contribution is 7.86. The maximum absolute atomic E-state index is 10.8. The summed E-state index contributed by atoms with van der Waals surface area (Å²) >= 11 is 0. The molecule has 0 aliphatic heterocycles. The van der Waals surface area contributed by atoms with Gasteiger partial charge in [-0.2, -0.15) is 8.42 Å². The van der Waals surface area contributed by atoms with Crippen LogP contribution in [-0.4, -0.2) is 34.2 Å². The van der Waals surface area contributed by atoms with Crippen molar-refractivity contribution in [1.82, 2.24) is 0 Å². The largest absolute Gasteiger partial charge is 0.386 e. The Kier molecular flexibility index (Phi) is 2.99. The van der Waals surface area contributed by atoms with Crippen LogP contribution in [0.1, 0.15) is 24.3 Å². The van der Waals surface area contributed by atoms with Crippen LogP contribution in [0.2, 0.25) is 0 Å². The highest BCUT2D eigenvalue weighted by Crippen LogP contribution is 2.47. The molecule has 1 atom stereocenters. The van der Waals surface area contributed by atoms with Gasteiger partial charge in [0.05, 0.1) is 0 Å². The average molecular weight is 258 g/mol. The lowest BCUT2D eigenvalue weighted by Crippen LogP contribution is -2.54. The van der Waals surface area contributed by atoms with E-state index in [0.717, 1.165) is 5.56 Å². The summed E-state index contributed by atoms with van der Waals surface area (Å²) in [5.41, 5.74) is -2.89. The molecule has 5 nitrogen and oxygen atoms in total. The fourth-order valence-corrected chi connectivity index (χ4v) is 2.98. The van der Waals surface area contributed by atoms with Crippen LogP contribution in [0.3, 0.4) is 0 Å². The van der Waals surface area contributed by atoms with Crippen LogP contribution in [0.4, 0.5) is 0 Å². The molecule has 0 heterocycles. The summed E-state index contributed by atoms with van der Waals surface area (Å²) in [5, 5.41) is 19.2. The van der Waals surface area contributed by atoms with E-state index in [9.17, 15) is 18.6 Å². The van der Waals surface area contributed by atoms with Crippen molar-refractivity contribution in [2.75, 3.05) is 0 Å². The normalized spacial score (nSPS) is 30.6. The maximum Gasteiger partial charge on any atom is 0.294 e. The van der Waals surface area contributed by atoms with Crippen LogP contribution in [0.25, 0.3) is 0 Å². The van der Waals surface area contributed by atoms with Gasteiger partial charge in [-0.1, -0.05) is 30.3 Å². The van der Waals surface area contributed by atoms with Crippen LogP contribution >= 0.6 is 0 Å². The number of benzene rings is 1. The van der Waals surface area contributed by atoms with Crippen molar-refractivity contribution in [2.45, 2.75) is 29.8 Å². The first-order chi connectivity index (χ1) is 7.83. The molecule has 0 amide bonds. The predicted molar refractivity (Wildman–Crippen MR) is 60.9 cm³/mol. The van der Waals surface area contributed by atoms with Gasteiger partial charge in [-0.15, -0.1) is 0 Å². The second-order valence-electron chi connectivity index (χ2n) is 4.49. The third kappa shape index (κ3) is 2.35. The van der Waals surface area contributed by atoms with Crippen LogP contribution in [-0.2, 0) is 10.1 Å². The standard InChI is InChI=1S/C11H14O5S/c12-10(17(14,15)16)11(13)6-9(7-11)8-4-2-1-3-5-8/h1-5,9-10,12-13H,6-7H2,(H,14,15,16)/t9-,10?,11+. The van der Waals surface area contributed by atoms with Gasteiger partial charge in [0.2, 0.25) is 5.44 Å². The molecule has 0 radical (unpaired) electrons. The lowest BCUT2D eigenvalue weighted by atomic mass is 9.68. The molecule has 0 saturated heterocycles. The predicted octanol–water partition coefficient (Wildman–Crippen LogP) is 0.501. The fourth-order valence-electron chi connectivity index (χ4n) is 2.23. The van der Waals surface area contributed by atoms with Crippen molar-refractivity contribution < 1.29 is 23.2 Å². The number of hydrogen-bond acceptors (Lipinski definition) is 4. The van der Waals surface area contributed by atoms with Crippen LogP contribution in [0.5, 0.6) is 0 Å². The molecule has 1 aliphatic rings. The molecule has 0 aromatic heterocycles. The van der Waals surface area contributed by atoms with Gasteiger partial charge in [0.25, 0.3) is 10.1 Å². The Hall–Kier alpha value is -0.950. The summed E-state index contributed by atoms with van der Waals surface area (Å²) < 4.78 is 30.2. The van der Waals surface area contributed by atoms with E-state index >= 15 is 0 Å². The molecule has 2 rings (SSSR count). The van der Waals surface area contributed by atoms with E-state index in [-0.39, 0.29) is 18.8 Å². The van der Waals surface area contributed by atoms with Crippen molar-refractivity contribution in [3.05, 3.63) is 35.9 Å². The molecule has 1 saturated carbocycles. The Morgan fingerprint density at radius 2 is 1.76 bits per heavy atom. The summed E-state index contributed by atoms with van der Waals surface area (Å²) in [5.74, 6) is 0.0117. The molecule has 1 fully saturated rings. The van der Waals surface area contributed by atoms with Gasteiger partial charge in [-0.3, -0.25) is 4.55 Å². The Balaban J connectivity index is 2.08. The number of aliphatic hydroxyl groups is 2. The maximum atomic E-state index is 10.8. The molecule has 3 N–H and O–H groups in total. The molecule has 0 spiro atoms. The van der Waals surface area contributed by atoms with Gasteiger partial charge >= 0.3 is 0 Å². The summed E-state index contributed by atoms with van der Waals surface area (Å²) in [6.07, 6.45) is 0.246. The monoisotopic (exact) mass is 258 g/mol. The second kappa shape index (κ2) is 4.06. The summed E-state index contributed by atoms with van der Waals surface area (Å²) in [7, 11) is -4.62. The Labute approximate surface area is 99.5 Å². The van der Waals surface area contributed by atoms with E-state index in [4.69, 9.17) is 4.55 Å². The lowest BCUT2D eigenvalue weighted by molar-refractivity contribution is -0.106. The van der Waals surface area contributed by atoms with Crippen LogP contribution in [0.15, 0.2) is 30.3 Å². The molecule has 6 heteroatoms. The minimum absolute atomic E-state index is 0.0117. The third-order valence-corrected chi connectivity index (χ3v) is 4.22. The molecule has 1 aliphatic carbocycles. The zero-order valence-electron chi connectivity index (χ0n) is 9.02. The van der Waals surface area contributed by atoms with E-state index in [2.05, 4.69) is 0 Å². The Morgan fingerprint density at radius 3 is 2.24 bits per heavy atom. The van der Waals surface area contributed by atoms with Crippen LogP contribution in [0, 0.1) is 0 Å². The number of rotatable bonds is 3. The third-order valence-electron chi connectivity index (χ3n) is 3.21.